The van der Waals surface area contributed by atoms with Crippen molar-refractivity contribution in [2.75, 3.05) is 17.8 Å². The lowest BCUT2D eigenvalue weighted by Gasteiger charge is -2.12. The first-order valence-corrected chi connectivity index (χ1v) is 7.22. The van der Waals surface area contributed by atoms with Gasteiger partial charge in [-0.25, -0.2) is 9.66 Å². The van der Waals surface area contributed by atoms with Crippen molar-refractivity contribution in [3.05, 3.63) is 70.8 Å². The average Bonchev–Trinajstić information content (AvgIpc) is 2.56. The zero-order valence-electron chi connectivity index (χ0n) is 12.6. The van der Waals surface area contributed by atoms with Gasteiger partial charge < -0.3 is 10.7 Å². The average molecular weight is 308 g/mol. The van der Waals surface area contributed by atoms with Gasteiger partial charge in [-0.05, 0) is 24.3 Å². The van der Waals surface area contributed by atoms with Crippen LogP contribution in [0, 0.1) is 0 Å². The summed E-state index contributed by atoms with van der Waals surface area (Å²) in [5, 5.41) is 3.30. The Bertz CT molecular complexity index is 903. The molecule has 0 fully saturated rings. The second-order valence-corrected chi connectivity index (χ2v) is 5.00. The fraction of sp³-hybridized carbons (Fsp3) is 0.118. The van der Waals surface area contributed by atoms with Gasteiger partial charge in [0.1, 0.15) is 5.82 Å². The summed E-state index contributed by atoms with van der Waals surface area (Å²) in [6, 6.07) is 16.2. The molecule has 1 aromatic heterocycles. The van der Waals surface area contributed by atoms with E-state index < -0.39 is 0 Å². The molecule has 0 aliphatic rings. The first-order valence-electron chi connectivity index (χ1n) is 7.22. The zero-order valence-corrected chi connectivity index (χ0v) is 12.6. The maximum Gasteiger partial charge on any atom is 0.279 e. The van der Waals surface area contributed by atoms with Crippen LogP contribution in [0.5, 0.6) is 0 Å². The molecule has 2 aromatic carbocycles. The van der Waals surface area contributed by atoms with Crippen molar-refractivity contribution in [2.45, 2.75) is 6.42 Å². The number of nitrogens with one attached hydrogen (secondary N) is 2. The Kier molecular flexibility index (Phi) is 4.05. The van der Waals surface area contributed by atoms with E-state index in [1.54, 1.807) is 37.4 Å². The van der Waals surface area contributed by atoms with E-state index in [0.717, 1.165) is 0 Å². The van der Waals surface area contributed by atoms with Crippen molar-refractivity contribution in [2.24, 2.45) is 0 Å². The Morgan fingerprint density at radius 2 is 1.78 bits per heavy atom. The lowest BCUT2D eigenvalue weighted by molar-refractivity contribution is -0.115. The summed E-state index contributed by atoms with van der Waals surface area (Å²) in [4.78, 5) is 29.1. The second-order valence-electron chi connectivity index (χ2n) is 5.00. The largest absolute Gasteiger partial charge is 0.326 e. The fourth-order valence-corrected chi connectivity index (χ4v) is 2.40. The minimum Gasteiger partial charge on any atom is -0.326 e. The van der Waals surface area contributed by atoms with E-state index in [4.69, 9.17) is 0 Å². The molecule has 6 heteroatoms. The van der Waals surface area contributed by atoms with Crippen molar-refractivity contribution < 1.29 is 4.79 Å². The number of hydrogen-bond acceptors (Lipinski definition) is 4. The zero-order chi connectivity index (χ0) is 16.2. The number of hydrogen-bond donors (Lipinski definition) is 2. The molecule has 0 spiro atoms. The van der Waals surface area contributed by atoms with Crippen molar-refractivity contribution in [3.63, 3.8) is 0 Å². The maximum atomic E-state index is 12.4. The van der Waals surface area contributed by atoms with Crippen molar-refractivity contribution >= 4 is 22.5 Å². The summed E-state index contributed by atoms with van der Waals surface area (Å²) in [6.45, 7) is 0. The Balaban J connectivity index is 1.93. The van der Waals surface area contributed by atoms with Crippen LogP contribution in [0.2, 0.25) is 0 Å². The molecule has 0 aliphatic carbocycles. The summed E-state index contributed by atoms with van der Waals surface area (Å²) >= 11 is 0. The van der Waals surface area contributed by atoms with Crippen LogP contribution in [0.25, 0.3) is 10.9 Å². The predicted octanol–water partition coefficient (Wildman–Crippen LogP) is 1.75. The molecule has 0 saturated heterocycles. The number of nitrogens with zero attached hydrogens (tertiary/aromatic N) is 2. The van der Waals surface area contributed by atoms with Crippen LogP contribution >= 0.6 is 0 Å². The number of benzene rings is 2. The van der Waals surface area contributed by atoms with Crippen LogP contribution in [0.1, 0.15) is 5.82 Å². The van der Waals surface area contributed by atoms with Gasteiger partial charge >= 0.3 is 0 Å². The summed E-state index contributed by atoms with van der Waals surface area (Å²) in [5.41, 5.74) is 3.85. The number of amides is 1. The second kappa shape index (κ2) is 6.31. The number of rotatable bonds is 4. The van der Waals surface area contributed by atoms with Gasteiger partial charge in [0, 0.05) is 12.7 Å². The molecule has 3 rings (SSSR count). The lowest BCUT2D eigenvalue weighted by atomic mass is 10.2. The molecule has 6 nitrogen and oxygen atoms in total. The Morgan fingerprint density at radius 1 is 1.09 bits per heavy atom. The topological polar surface area (TPSA) is 76.0 Å². The minimum absolute atomic E-state index is 0.00416. The highest BCUT2D eigenvalue weighted by atomic mass is 16.2. The standard InChI is InChI=1S/C17H16N4O2/c1-18-21-15(11-16(22)19-12-7-3-2-4-8-12)20-14-10-6-5-9-13(14)17(21)23/h2-10,18H,11H2,1H3,(H,19,22). The maximum absolute atomic E-state index is 12.4. The number of para-hydroxylation sites is 2. The van der Waals surface area contributed by atoms with E-state index in [-0.39, 0.29) is 17.9 Å². The van der Waals surface area contributed by atoms with Crippen LogP contribution in [0.3, 0.4) is 0 Å². The third-order valence-electron chi connectivity index (χ3n) is 3.44. The monoisotopic (exact) mass is 308 g/mol. The van der Waals surface area contributed by atoms with Gasteiger partial charge in [-0.2, -0.15) is 0 Å². The molecule has 2 N–H and O–H groups in total. The number of fused-ring (bicyclic) bond motifs is 1. The van der Waals surface area contributed by atoms with Gasteiger partial charge in [0.25, 0.3) is 5.56 Å². The molecular weight excluding hydrogens is 292 g/mol. The van der Waals surface area contributed by atoms with E-state index >= 15 is 0 Å². The van der Waals surface area contributed by atoms with Crippen LogP contribution in [-0.2, 0) is 11.2 Å². The van der Waals surface area contributed by atoms with Crippen molar-refractivity contribution in [1.82, 2.24) is 9.66 Å². The highest BCUT2D eigenvalue weighted by Crippen LogP contribution is 2.09. The van der Waals surface area contributed by atoms with Crippen LogP contribution < -0.4 is 16.3 Å². The molecular formula is C17H16N4O2. The van der Waals surface area contributed by atoms with E-state index in [0.29, 0.717) is 22.4 Å². The van der Waals surface area contributed by atoms with Gasteiger partial charge in [0.05, 0.1) is 17.3 Å². The summed E-state index contributed by atoms with van der Waals surface area (Å²) < 4.78 is 1.30. The predicted molar refractivity (Wildman–Crippen MR) is 90.1 cm³/mol. The fourth-order valence-electron chi connectivity index (χ4n) is 2.40. The molecule has 0 unspecified atom stereocenters. The third kappa shape index (κ3) is 3.06. The molecule has 0 bridgehead atoms. The summed E-state index contributed by atoms with van der Waals surface area (Å²) in [7, 11) is 1.62. The smallest absolute Gasteiger partial charge is 0.279 e. The van der Waals surface area contributed by atoms with E-state index in [1.165, 1.54) is 4.68 Å². The summed E-state index contributed by atoms with van der Waals surface area (Å²) in [5.74, 6) is 0.131. The molecule has 3 aromatic rings. The Morgan fingerprint density at radius 3 is 2.52 bits per heavy atom. The van der Waals surface area contributed by atoms with Crippen LogP contribution in [0.4, 0.5) is 5.69 Å². The molecule has 0 atom stereocenters. The molecule has 1 heterocycles. The van der Waals surface area contributed by atoms with Gasteiger partial charge in [-0.15, -0.1) is 0 Å². The number of carbonyl (C=O) groups excluding carboxylic acids is 1. The SMILES string of the molecule is CNn1c(CC(=O)Nc2ccccc2)nc2ccccc2c1=O. The van der Waals surface area contributed by atoms with Gasteiger partial charge in [-0.1, -0.05) is 30.3 Å². The number of carbonyl (C=O) groups is 1. The number of anilines is 1. The first kappa shape index (κ1) is 14.8. The Labute approximate surface area is 132 Å². The van der Waals surface area contributed by atoms with Gasteiger partial charge in [0.2, 0.25) is 5.91 Å². The molecule has 1 amide bonds. The highest BCUT2D eigenvalue weighted by molar-refractivity contribution is 5.92. The lowest BCUT2D eigenvalue weighted by Crippen LogP contribution is -2.33. The normalized spacial score (nSPS) is 10.5. The minimum atomic E-state index is -0.234. The molecule has 0 radical (unpaired) electrons. The highest BCUT2D eigenvalue weighted by Gasteiger charge is 2.13. The van der Waals surface area contributed by atoms with E-state index in [2.05, 4.69) is 15.7 Å². The third-order valence-corrected chi connectivity index (χ3v) is 3.44. The van der Waals surface area contributed by atoms with Crippen molar-refractivity contribution in [3.8, 4) is 0 Å². The van der Waals surface area contributed by atoms with Crippen molar-refractivity contribution in [1.29, 1.82) is 0 Å². The molecule has 116 valence electrons. The summed E-state index contributed by atoms with van der Waals surface area (Å²) in [6.07, 6.45) is -0.00416. The molecule has 23 heavy (non-hydrogen) atoms. The first-order chi connectivity index (χ1) is 11.2. The van der Waals surface area contributed by atoms with Gasteiger partial charge in [-0.3, -0.25) is 9.59 Å². The Hall–Kier alpha value is -3.15. The van der Waals surface area contributed by atoms with Crippen LogP contribution in [-0.4, -0.2) is 22.6 Å². The van der Waals surface area contributed by atoms with E-state index in [9.17, 15) is 9.59 Å². The molecule has 0 saturated carbocycles. The van der Waals surface area contributed by atoms with Crippen LogP contribution in [0.15, 0.2) is 59.4 Å². The molecule has 0 aliphatic heterocycles. The van der Waals surface area contributed by atoms with Gasteiger partial charge in [0.15, 0.2) is 0 Å². The van der Waals surface area contributed by atoms with E-state index in [1.807, 2.05) is 24.3 Å². The quantitative estimate of drug-likeness (QED) is 0.770. The number of aromatic nitrogens is 2.